The van der Waals surface area contributed by atoms with E-state index >= 15 is 0 Å². The highest BCUT2D eigenvalue weighted by molar-refractivity contribution is 5.93. The highest BCUT2D eigenvalue weighted by atomic mass is 16.5. The van der Waals surface area contributed by atoms with Crippen LogP contribution >= 0.6 is 0 Å². The first kappa shape index (κ1) is 9.39. The molecule has 0 saturated heterocycles. The third-order valence-electron chi connectivity index (χ3n) is 2.36. The Morgan fingerprint density at radius 3 is 2.85 bits per heavy atom. The second kappa shape index (κ2) is 6.58. The smallest absolute Gasteiger partial charge is 0.238 e. The molecule has 1 amide bonds. The first-order valence-corrected chi connectivity index (χ1v) is 5.81. The summed E-state index contributed by atoms with van der Waals surface area (Å²) in [5.41, 5.74) is 5.09. The second-order valence-electron chi connectivity index (χ2n) is 3.74. The number of benzene rings is 2. The van der Waals surface area contributed by atoms with E-state index in [4.69, 9.17) is 20.7 Å². The fourth-order valence-corrected chi connectivity index (χ4v) is 1.44. The van der Waals surface area contributed by atoms with Crippen molar-refractivity contribution in [2.24, 2.45) is 5.73 Å². The molecule has 3 N–H and O–H groups in total. The molecule has 2 rings (SSSR count). The van der Waals surface area contributed by atoms with Crippen LogP contribution in [-0.4, -0.2) is 19.6 Å². The zero-order valence-electron chi connectivity index (χ0n) is 14.8. The topological polar surface area (TPSA) is 73.6 Å². The summed E-state index contributed by atoms with van der Waals surface area (Å²) in [5, 5.41) is 2.36. The second-order valence-corrected chi connectivity index (χ2v) is 3.74. The lowest BCUT2D eigenvalue weighted by Crippen LogP contribution is -2.22. The molecule has 2 aromatic rings. The maximum Gasteiger partial charge on any atom is 0.238 e. The zero-order chi connectivity index (χ0) is 17.9. The lowest BCUT2D eigenvalue weighted by Gasteiger charge is -2.12. The average Bonchev–Trinajstić information content (AvgIpc) is 2.60. The molecule has 20 heavy (non-hydrogen) atoms. The Balaban J connectivity index is 2.55. The van der Waals surface area contributed by atoms with Gasteiger partial charge in [0.25, 0.3) is 0 Å². The minimum absolute atomic E-state index is 0.167. The lowest BCUT2D eigenvalue weighted by atomic mass is 10.2. The third kappa shape index (κ3) is 3.49. The zero-order valence-corrected chi connectivity index (χ0v) is 10.8. The number of rotatable bonds is 5. The molecule has 0 unspecified atom stereocenters. The van der Waals surface area contributed by atoms with Crippen LogP contribution in [0, 0.1) is 0 Å². The number of ether oxygens (including phenoxy) is 2. The summed E-state index contributed by atoms with van der Waals surface area (Å²) in [7, 11) is 1.49. The number of amides is 1. The van der Waals surface area contributed by atoms with Crippen molar-refractivity contribution in [3.63, 3.8) is 0 Å². The van der Waals surface area contributed by atoms with Crippen LogP contribution < -0.4 is 20.5 Å². The van der Waals surface area contributed by atoms with Gasteiger partial charge in [0.05, 0.1) is 24.8 Å². The van der Waals surface area contributed by atoms with Crippen LogP contribution in [0.15, 0.2) is 48.4 Å². The van der Waals surface area contributed by atoms with Crippen molar-refractivity contribution in [1.29, 1.82) is 0 Å². The predicted octanol–water partition coefficient (Wildman–Crippen LogP) is 2.38. The maximum atomic E-state index is 11.6. The van der Waals surface area contributed by atoms with Gasteiger partial charge in [-0.2, -0.15) is 0 Å². The Morgan fingerprint density at radius 2 is 2.10 bits per heavy atom. The molecule has 5 nitrogen and oxygen atoms in total. The van der Waals surface area contributed by atoms with E-state index in [9.17, 15) is 4.79 Å². The number of hydrogen-bond donors (Lipinski definition) is 2. The summed E-state index contributed by atoms with van der Waals surface area (Å²) in [4.78, 5) is 11.6. The van der Waals surface area contributed by atoms with Gasteiger partial charge in [-0.1, -0.05) is 18.2 Å². The van der Waals surface area contributed by atoms with Gasteiger partial charge in [-0.05, 0) is 24.2 Å². The van der Waals surface area contributed by atoms with Crippen LogP contribution in [0.3, 0.4) is 0 Å². The molecule has 104 valence electrons. The van der Waals surface area contributed by atoms with Crippen LogP contribution in [-0.2, 0) is 4.79 Å². The Hall–Kier alpha value is -2.53. The highest BCUT2D eigenvalue weighted by Gasteiger charge is 2.07. The van der Waals surface area contributed by atoms with Gasteiger partial charge in [0.2, 0.25) is 5.91 Å². The summed E-state index contributed by atoms with van der Waals surface area (Å²) in [6.07, 6.45) is 0. The van der Waals surface area contributed by atoms with E-state index in [0.717, 1.165) is 0 Å². The molecule has 0 aliphatic rings. The predicted molar refractivity (Wildman–Crippen MR) is 77.2 cm³/mol. The molecule has 0 aromatic heterocycles. The van der Waals surface area contributed by atoms with E-state index in [1.807, 2.05) is 0 Å². The van der Waals surface area contributed by atoms with Gasteiger partial charge in [-0.3, -0.25) is 4.79 Å². The van der Waals surface area contributed by atoms with Gasteiger partial charge < -0.3 is 20.5 Å². The minimum atomic E-state index is -0.601. The van der Waals surface area contributed by atoms with Crippen molar-refractivity contribution < 1.29 is 19.8 Å². The maximum absolute atomic E-state index is 11.6. The van der Waals surface area contributed by atoms with Gasteiger partial charge in [0, 0.05) is 6.07 Å². The summed E-state index contributed by atoms with van der Waals surface area (Å²) >= 11 is 0. The van der Waals surface area contributed by atoms with Crippen LogP contribution in [0.5, 0.6) is 17.2 Å². The molecule has 0 spiro atoms. The van der Waals surface area contributed by atoms with Crippen LogP contribution in [0.2, 0.25) is 0 Å². The van der Waals surface area contributed by atoms with Crippen LogP contribution in [0.4, 0.5) is 5.69 Å². The molecule has 0 bridgehead atoms. The van der Waals surface area contributed by atoms with Crippen molar-refractivity contribution in [1.82, 2.24) is 0 Å². The van der Waals surface area contributed by atoms with E-state index in [1.54, 1.807) is 24.3 Å². The summed E-state index contributed by atoms with van der Waals surface area (Å²) < 4.78 is 42.1. The average molecular weight is 276 g/mol. The number of methoxy groups -OCH3 is 1. The molecule has 0 atom stereocenters. The number of nitrogens with two attached hydrogens (primary N) is 1. The van der Waals surface area contributed by atoms with Gasteiger partial charge in [-0.15, -0.1) is 0 Å². The largest absolute Gasteiger partial charge is 0.497 e. The summed E-state index contributed by atoms with van der Waals surface area (Å²) in [5.74, 6) is 0.00934. The molecule has 0 aliphatic heterocycles. The Morgan fingerprint density at radius 1 is 1.35 bits per heavy atom. The number of carbonyl (C=O) groups is 1. The van der Waals surface area contributed by atoms with E-state index in [1.165, 1.54) is 7.11 Å². The molecule has 0 aliphatic carbocycles. The van der Waals surface area contributed by atoms with Crippen molar-refractivity contribution in [2.45, 2.75) is 0 Å². The van der Waals surface area contributed by atoms with E-state index in [0.29, 0.717) is 11.5 Å². The molecule has 0 heterocycles. The molecule has 0 radical (unpaired) electrons. The van der Waals surface area contributed by atoms with E-state index < -0.39 is 30.1 Å². The quantitative estimate of drug-likeness (QED) is 0.879. The third-order valence-corrected chi connectivity index (χ3v) is 2.36. The molecule has 5 heteroatoms. The van der Waals surface area contributed by atoms with Gasteiger partial charge >= 0.3 is 0 Å². The Labute approximate surface area is 122 Å². The fourth-order valence-electron chi connectivity index (χ4n) is 1.44. The number of carbonyl (C=O) groups excluding carboxylic acids is 1. The SMILES string of the molecule is [2H]c1c([2H])c([2H])c(Oc2cccc(OC)c2)c(NC(=O)CN)c1[2H]. The number of anilines is 1. The van der Waals surface area contributed by atoms with Crippen molar-refractivity contribution in [3.8, 4) is 17.2 Å². The van der Waals surface area contributed by atoms with Crippen LogP contribution in [0.25, 0.3) is 0 Å². The Kier molecular flexibility index (Phi) is 3.09. The van der Waals surface area contributed by atoms with Gasteiger partial charge in [-0.25, -0.2) is 0 Å². The molecular weight excluding hydrogens is 256 g/mol. The van der Waals surface area contributed by atoms with Crippen molar-refractivity contribution in [3.05, 3.63) is 48.4 Å². The molecule has 0 fully saturated rings. The van der Waals surface area contributed by atoms with Crippen molar-refractivity contribution >= 4 is 11.6 Å². The Bertz CT molecular complexity index is 784. The number of hydrogen-bond acceptors (Lipinski definition) is 4. The molecular formula is C15H16N2O3. The standard InChI is InChI=1S/C15H16N2O3/c1-19-11-5-4-6-12(9-11)20-14-8-3-2-7-13(14)17-15(18)10-16/h2-9H,10,16H2,1H3,(H,17,18)/i2D,3D,7D,8D. The molecule has 2 aromatic carbocycles. The number of para-hydroxylation sites is 2. The summed E-state index contributed by atoms with van der Waals surface area (Å²) in [6.45, 7) is -0.332. The first-order valence-electron chi connectivity index (χ1n) is 7.81. The van der Waals surface area contributed by atoms with E-state index in [2.05, 4.69) is 5.32 Å². The normalized spacial score (nSPS) is 12.7. The highest BCUT2D eigenvalue weighted by Crippen LogP contribution is 2.30. The fraction of sp³-hybridized carbons (Fsp3) is 0.133. The summed E-state index contributed by atoms with van der Waals surface area (Å²) in [6, 6.07) is 4.73. The van der Waals surface area contributed by atoms with Gasteiger partial charge in [0.15, 0.2) is 5.75 Å². The lowest BCUT2D eigenvalue weighted by molar-refractivity contribution is -0.114. The molecule has 0 saturated carbocycles. The van der Waals surface area contributed by atoms with Gasteiger partial charge in [0.1, 0.15) is 11.5 Å². The van der Waals surface area contributed by atoms with Crippen LogP contribution in [0.1, 0.15) is 5.48 Å². The van der Waals surface area contributed by atoms with E-state index in [-0.39, 0.29) is 18.0 Å². The minimum Gasteiger partial charge on any atom is -0.497 e. The van der Waals surface area contributed by atoms with Crippen molar-refractivity contribution in [2.75, 3.05) is 19.0 Å². The first-order chi connectivity index (χ1) is 11.4. The monoisotopic (exact) mass is 276 g/mol. The number of nitrogens with one attached hydrogen (secondary N) is 1.